The lowest BCUT2D eigenvalue weighted by atomic mass is 10.0. The molecule has 2 atom stereocenters. The third-order valence-electron chi connectivity index (χ3n) is 5.75. The smallest absolute Gasteiger partial charge is 0.226 e. The van der Waals surface area contributed by atoms with Crippen LogP contribution in [0.4, 0.5) is 0 Å². The van der Waals surface area contributed by atoms with Crippen LogP contribution in [-0.4, -0.2) is 68.1 Å². The van der Waals surface area contributed by atoms with Crippen molar-refractivity contribution in [2.45, 2.75) is 32.7 Å². The van der Waals surface area contributed by atoms with Crippen molar-refractivity contribution >= 4 is 17.3 Å². The second-order valence-corrected chi connectivity index (χ2v) is 8.19. The molecule has 2 aromatic heterocycles. The summed E-state index contributed by atoms with van der Waals surface area (Å²) < 4.78 is 13.6. The number of hydrogen-bond donors (Lipinski definition) is 2. The summed E-state index contributed by atoms with van der Waals surface area (Å²) in [6.07, 6.45) is 5.17. The molecule has 0 spiro atoms. The Bertz CT molecular complexity index is 1160. The maximum absolute atomic E-state index is 10.6. The number of likely N-dealkylation sites (tertiary alicyclic amines) is 1. The minimum atomic E-state index is -1.12. The standard InChI is InChI=1S/C23H26N4O4/c1-14-11-27-13-20(25-22(27)15(2)24-14)19-9-16-3-4-18(10-21(16)31-23(19)29)30-8-7-26-6-5-17(28)12-26/h3-4,9-11,13,17,23,28-29H,5-8,12H2,1-2H3/t17-,23?/m1/s1. The molecular weight excluding hydrogens is 396 g/mol. The van der Waals surface area contributed by atoms with Crippen LogP contribution in [0, 0.1) is 13.8 Å². The Hall–Kier alpha value is -2.94. The molecule has 3 aromatic rings. The van der Waals surface area contributed by atoms with E-state index in [0.717, 1.165) is 42.1 Å². The van der Waals surface area contributed by atoms with Crippen LogP contribution in [0.2, 0.25) is 0 Å². The first kappa shape index (κ1) is 20.0. The predicted octanol–water partition coefficient (Wildman–Crippen LogP) is 2.04. The van der Waals surface area contributed by atoms with E-state index in [1.807, 2.05) is 48.9 Å². The SMILES string of the molecule is Cc1cn2cc(C3=Cc4ccc(OCCN5CC[C@@H](O)C5)cc4OC3O)nc2c(C)n1. The summed E-state index contributed by atoms with van der Waals surface area (Å²) in [5.41, 5.74) is 4.62. The first-order valence-electron chi connectivity index (χ1n) is 10.5. The number of aryl methyl sites for hydroxylation is 2. The number of rotatable bonds is 5. The third kappa shape index (κ3) is 4.01. The van der Waals surface area contributed by atoms with E-state index in [-0.39, 0.29) is 6.10 Å². The molecule has 2 aliphatic rings. The lowest BCUT2D eigenvalue weighted by Crippen LogP contribution is -2.27. The number of β-amino-alcohol motifs (C(OH)–C–C–N with tert-alkyl or cyclic N) is 1. The fourth-order valence-electron chi connectivity index (χ4n) is 4.20. The normalized spacial score (nSPS) is 21.1. The third-order valence-corrected chi connectivity index (χ3v) is 5.75. The van der Waals surface area contributed by atoms with E-state index in [1.165, 1.54) is 0 Å². The molecule has 1 saturated heterocycles. The summed E-state index contributed by atoms with van der Waals surface area (Å²) in [5, 5.41) is 20.2. The second-order valence-electron chi connectivity index (χ2n) is 8.19. The molecule has 1 unspecified atom stereocenters. The minimum Gasteiger partial charge on any atom is -0.492 e. The largest absolute Gasteiger partial charge is 0.492 e. The Labute approximate surface area is 180 Å². The Balaban J connectivity index is 1.34. The topological polar surface area (TPSA) is 92.4 Å². The minimum absolute atomic E-state index is 0.225. The van der Waals surface area contributed by atoms with Crippen molar-refractivity contribution in [1.29, 1.82) is 0 Å². The molecule has 2 aliphatic heterocycles. The van der Waals surface area contributed by atoms with Crippen molar-refractivity contribution in [1.82, 2.24) is 19.3 Å². The van der Waals surface area contributed by atoms with E-state index in [9.17, 15) is 10.2 Å². The highest BCUT2D eigenvalue weighted by atomic mass is 16.6. The molecule has 0 amide bonds. The number of aliphatic hydroxyl groups is 2. The van der Waals surface area contributed by atoms with E-state index in [2.05, 4.69) is 14.9 Å². The summed E-state index contributed by atoms with van der Waals surface area (Å²) in [5.74, 6) is 1.26. The number of hydrogen-bond acceptors (Lipinski definition) is 7. The molecule has 4 heterocycles. The predicted molar refractivity (Wildman–Crippen MR) is 116 cm³/mol. The van der Waals surface area contributed by atoms with E-state index in [1.54, 1.807) is 6.07 Å². The zero-order chi connectivity index (χ0) is 21.5. The van der Waals surface area contributed by atoms with Crippen molar-refractivity contribution in [3.63, 3.8) is 0 Å². The lowest BCUT2D eigenvalue weighted by molar-refractivity contribution is 0.0316. The van der Waals surface area contributed by atoms with Crippen molar-refractivity contribution in [3.8, 4) is 11.5 Å². The molecule has 162 valence electrons. The molecule has 2 N–H and O–H groups in total. The molecule has 8 heteroatoms. The van der Waals surface area contributed by atoms with E-state index < -0.39 is 6.29 Å². The molecular formula is C23H26N4O4. The highest BCUT2D eigenvalue weighted by Gasteiger charge is 2.25. The summed E-state index contributed by atoms with van der Waals surface area (Å²) in [6, 6.07) is 5.61. The van der Waals surface area contributed by atoms with Crippen LogP contribution >= 0.6 is 0 Å². The van der Waals surface area contributed by atoms with Gasteiger partial charge >= 0.3 is 0 Å². The Kier molecular flexibility index (Phi) is 5.13. The van der Waals surface area contributed by atoms with Gasteiger partial charge in [-0.05, 0) is 38.5 Å². The van der Waals surface area contributed by atoms with E-state index >= 15 is 0 Å². The second kappa shape index (κ2) is 7.96. The number of fused-ring (bicyclic) bond motifs is 2. The van der Waals surface area contributed by atoms with Gasteiger partial charge in [0.05, 0.1) is 23.2 Å². The van der Waals surface area contributed by atoms with Crippen LogP contribution in [-0.2, 0) is 0 Å². The number of aliphatic hydroxyl groups excluding tert-OH is 2. The molecule has 0 aliphatic carbocycles. The average molecular weight is 422 g/mol. The van der Waals surface area contributed by atoms with Crippen LogP contribution < -0.4 is 9.47 Å². The van der Waals surface area contributed by atoms with Gasteiger partial charge in [-0.3, -0.25) is 9.88 Å². The molecule has 1 fully saturated rings. The van der Waals surface area contributed by atoms with Gasteiger partial charge in [-0.1, -0.05) is 0 Å². The van der Waals surface area contributed by atoms with Gasteiger partial charge in [-0.25, -0.2) is 4.98 Å². The molecule has 0 radical (unpaired) electrons. The van der Waals surface area contributed by atoms with Crippen LogP contribution in [0.3, 0.4) is 0 Å². The Morgan fingerprint density at radius 1 is 1.19 bits per heavy atom. The molecule has 8 nitrogen and oxygen atoms in total. The van der Waals surface area contributed by atoms with E-state index in [4.69, 9.17) is 9.47 Å². The van der Waals surface area contributed by atoms with Crippen LogP contribution in [0.15, 0.2) is 30.6 Å². The fraction of sp³-hybridized carbons (Fsp3) is 0.391. The maximum Gasteiger partial charge on any atom is 0.226 e. The van der Waals surface area contributed by atoms with Crippen LogP contribution in [0.1, 0.15) is 29.1 Å². The molecule has 0 bridgehead atoms. The first-order valence-corrected chi connectivity index (χ1v) is 10.5. The monoisotopic (exact) mass is 422 g/mol. The van der Waals surface area contributed by atoms with Crippen molar-refractivity contribution in [2.75, 3.05) is 26.2 Å². The van der Waals surface area contributed by atoms with Crippen molar-refractivity contribution < 1.29 is 19.7 Å². The van der Waals surface area contributed by atoms with Gasteiger partial charge in [0.25, 0.3) is 0 Å². The van der Waals surface area contributed by atoms with Gasteiger partial charge in [0, 0.05) is 49.2 Å². The molecule has 0 saturated carbocycles. The molecule has 5 rings (SSSR count). The summed E-state index contributed by atoms with van der Waals surface area (Å²) >= 11 is 0. The highest BCUT2D eigenvalue weighted by Crippen LogP contribution is 2.35. The summed E-state index contributed by atoms with van der Waals surface area (Å²) in [4.78, 5) is 11.3. The summed E-state index contributed by atoms with van der Waals surface area (Å²) in [6.45, 7) is 6.76. The number of aromatic nitrogens is 3. The van der Waals surface area contributed by atoms with E-state index in [0.29, 0.717) is 35.9 Å². The average Bonchev–Trinajstić information content (AvgIpc) is 3.33. The lowest BCUT2D eigenvalue weighted by Gasteiger charge is -2.23. The van der Waals surface area contributed by atoms with Gasteiger partial charge < -0.3 is 24.1 Å². The van der Waals surface area contributed by atoms with Gasteiger partial charge in [0.15, 0.2) is 5.65 Å². The Morgan fingerprint density at radius 2 is 2.06 bits per heavy atom. The fourth-order valence-corrected chi connectivity index (χ4v) is 4.20. The number of imidazole rings is 1. The van der Waals surface area contributed by atoms with Crippen LogP contribution in [0.5, 0.6) is 11.5 Å². The van der Waals surface area contributed by atoms with Crippen LogP contribution in [0.25, 0.3) is 17.3 Å². The van der Waals surface area contributed by atoms with Gasteiger partial charge in [-0.2, -0.15) is 0 Å². The number of benzene rings is 1. The van der Waals surface area contributed by atoms with Crippen molar-refractivity contribution in [3.05, 3.63) is 53.2 Å². The summed E-state index contributed by atoms with van der Waals surface area (Å²) in [7, 11) is 0. The van der Waals surface area contributed by atoms with Gasteiger partial charge in [0.1, 0.15) is 18.1 Å². The van der Waals surface area contributed by atoms with Gasteiger partial charge in [0.2, 0.25) is 6.29 Å². The highest BCUT2D eigenvalue weighted by molar-refractivity contribution is 5.86. The zero-order valence-electron chi connectivity index (χ0n) is 17.7. The molecule has 1 aromatic carbocycles. The van der Waals surface area contributed by atoms with Crippen molar-refractivity contribution in [2.24, 2.45) is 0 Å². The number of nitrogens with zero attached hydrogens (tertiary/aromatic N) is 4. The quantitative estimate of drug-likeness (QED) is 0.650. The maximum atomic E-state index is 10.6. The molecule has 31 heavy (non-hydrogen) atoms. The number of ether oxygens (including phenoxy) is 2. The Morgan fingerprint density at radius 3 is 2.87 bits per heavy atom. The zero-order valence-corrected chi connectivity index (χ0v) is 17.7. The van der Waals surface area contributed by atoms with Gasteiger partial charge in [-0.15, -0.1) is 0 Å². The first-order chi connectivity index (χ1) is 15.0.